The number of hydrogen-bond acceptors (Lipinski definition) is 5. The van der Waals surface area contributed by atoms with Crippen molar-refractivity contribution < 1.29 is 18.3 Å². The van der Waals surface area contributed by atoms with E-state index in [0.29, 0.717) is 11.4 Å². The summed E-state index contributed by atoms with van der Waals surface area (Å²) in [6.07, 6.45) is -4.43. The summed E-state index contributed by atoms with van der Waals surface area (Å²) in [7, 11) is 0. The molecule has 0 aliphatic carbocycles. The van der Waals surface area contributed by atoms with Gasteiger partial charge in [-0.3, -0.25) is 4.79 Å². The number of aromatic amines is 1. The second kappa shape index (κ2) is 7.91. The highest BCUT2D eigenvalue weighted by molar-refractivity contribution is 6.05. The van der Waals surface area contributed by atoms with E-state index in [1.165, 1.54) is 12.1 Å². The highest BCUT2D eigenvalue weighted by Gasteiger charge is 2.30. The summed E-state index contributed by atoms with van der Waals surface area (Å²) in [6, 6.07) is 4.10. The highest BCUT2D eigenvalue weighted by atomic mass is 19.4. The third-order valence-electron chi connectivity index (χ3n) is 4.13. The molecule has 0 bridgehead atoms. The van der Waals surface area contributed by atoms with Crippen LogP contribution < -0.4 is 10.9 Å². The Labute approximate surface area is 154 Å². The predicted octanol–water partition coefficient (Wildman–Crippen LogP) is 3.06. The number of halogens is 3. The van der Waals surface area contributed by atoms with Crippen molar-refractivity contribution in [3.63, 3.8) is 0 Å². The molecule has 2 aromatic rings. The van der Waals surface area contributed by atoms with Crippen molar-refractivity contribution in [2.45, 2.75) is 38.9 Å². The smallest absolute Gasteiger partial charge is 0.394 e. The molecule has 9 heteroatoms. The standard InChI is InChI=1S/C18H21F3N4O2/c1-9(8-26)23-16-15(24-11(3)25-17(16)27)14(22)10(2)12-4-6-13(7-5-12)18(19,20)21/h4-7,9-10,22-23,26H,8H2,1-3H3,(H,24,25,27)/t9-,10?/m0/s1. The number of alkyl halides is 3. The molecule has 0 amide bonds. The van der Waals surface area contributed by atoms with Crippen molar-refractivity contribution in [2.75, 3.05) is 11.9 Å². The second-order valence-electron chi connectivity index (χ2n) is 6.36. The van der Waals surface area contributed by atoms with Crippen LogP contribution in [0.25, 0.3) is 0 Å². The van der Waals surface area contributed by atoms with E-state index in [1.807, 2.05) is 0 Å². The van der Waals surface area contributed by atoms with Crippen LogP contribution in [0.4, 0.5) is 18.9 Å². The Kier molecular flexibility index (Phi) is 6.04. The molecular weight excluding hydrogens is 361 g/mol. The second-order valence-corrected chi connectivity index (χ2v) is 6.36. The molecule has 0 fully saturated rings. The van der Waals surface area contributed by atoms with Crippen LogP contribution in [0.5, 0.6) is 0 Å². The molecule has 0 radical (unpaired) electrons. The lowest BCUT2D eigenvalue weighted by molar-refractivity contribution is -0.137. The van der Waals surface area contributed by atoms with Crippen LogP contribution in [0.3, 0.4) is 0 Å². The van der Waals surface area contributed by atoms with Gasteiger partial charge in [0.1, 0.15) is 17.2 Å². The van der Waals surface area contributed by atoms with E-state index >= 15 is 0 Å². The molecule has 1 aromatic heterocycles. The maximum absolute atomic E-state index is 12.7. The van der Waals surface area contributed by atoms with Crippen LogP contribution in [0.2, 0.25) is 0 Å². The molecule has 27 heavy (non-hydrogen) atoms. The molecule has 1 unspecified atom stereocenters. The SMILES string of the molecule is Cc1nc(C(=N)C(C)c2ccc(C(F)(F)F)cc2)c(N[C@@H](C)CO)c(=O)[nH]1. The molecule has 4 N–H and O–H groups in total. The van der Waals surface area contributed by atoms with Crippen molar-refractivity contribution in [3.05, 3.63) is 57.3 Å². The minimum Gasteiger partial charge on any atom is -0.394 e. The van der Waals surface area contributed by atoms with Gasteiger partial charge in [-0.05, 0) is 31.5 Å². The molecule has 0 saturated heterocycles. The lowest BCUT2D eigenvalue weighted by atomic mass is 9.92. The van der Waals surface area contributed by atoms with Gasteiger partial charge in [0, 0.05) is 12.0 Å². The van der Waals surface area contributed by atoms with Crippen molar-refractivity contribution in [2.24, 2.45) is 0 Å². The van der Waals surface area contributed by atoms with E-state index in [2.05, 4.69) is 15.3 Å². The zero-order chi connectivity index (χ0) is 20.4. The Hall–Kier alpha value is -2.68. The average Bonchev–Trinajstić information content (AvgIpc) is 2.61. The quantitative estimate of drug-likeness (QED) is 0.577. The van der Waals surface area contributed by atoms with E-state index in [1.54, 1.807) is 20.8 Å². The molecule has 0 aliphatic heterocycles. The minimum atomic E-state index is -4.43. The van der Waals surface area contributed by atoms with Crippen molar-refractivity contribution >= 4 is 11.4 Å². The number of benzene rings is 1. The molecule has 146 valence electrons. The normalized spacial score (nSPS) is 13.9. The summed E-state index contributed by atoms with van der Waals surface area (Å²) in [6.45, 7) is 4.66. The third-order valence-corrected chi connectivity index (χ3v) is 4.13. The molecule has 0 spiro atoms. The first-order chi connectivity index (χ1) is 12.5. The number of aromatic nitrogens is 2. The van der Waals surface area contributed by atoms with Crippen molar-refractivity contribution in [1.29, 1.82) is 5.41 Å². The first-order valence-electron chi connectivity index (χ1n) is 8.28. The maximum Gasteiger partial charge on any atom is 0.416 e. The van der Waals surface area contributed by atoms with Gasteiger partial charge in [0.05, 0.1) is 17.9 Å². The fourth-order valence-electron chi connectivity index (χ4n) is 2.54. The molecule has 1 heterocycles. The number of hydrogen-bond donors (Lipinski definition) is 4. The molecule has 0 saturated carbocycles. The first kappa shape index (κ1) is 20.6. The minimum absolute atomic E-state index is 0.0170. The summed E-state index contributed by atoms with van der Waals surface area (Å²) in [5, 5.41) is 20.5. The predicted molar refractivity (Wildman–Crippen MR) is 96.5 cm³/mol. The number of aliphatic hydroxyl groups excluding tert-OH is 1. The van der Waals surface area contributed by atoms with Crippen LogP contribution in [0, 0.1) is 12.3 Å². The summed E-state index contributed by atoms with van der Waals surface area (Å²) in [5.41, 5.74) is -0.628. The van der Waals surface area contributed by atoms with Crippen molar-refractivity contribution in [1.82, 2.24) is 9.97 Å². The number of rotatable bonds is 6. The first-order valence-corrected chi connectivity index (χ1v) is 8.28. The van der Waals surface area contributed by atoms with E-state index in [4.69, 9.17) is 5.41 Å². The number of aliphatic hydroxyl groups is 1. The summed E-state index contributed by atoms with van der Waals surface area (Å²) in [5.74, 6) is -0.285. The van der Waals surface area contributed by atoms with Gasteiger partial charge >= 0.3 is 6.18 Å². The van der Waals surface area contributed by atoms with E-state index < -0.39 is 29.3 Å². The summed E-state index contributed by atoms with van der Waals surface area (Å²) < 4.78 is 38.2. The summed E-state index contributed by atoms with van der Waals surface area (Å²) in [4.78, 5) is 19.0. The van der Waals surface area contributed by atoms with Gasteiger partial charge in [-0.2, -0.15) is 13.2 Å². The van der Waals surface area contributed by atoms with E-state index in [9.17, 15) is 23.1 Å². The van der Waals surface area contributed by atoms with Crippen LogP contribution in [-0.2, 0) is 6.18 Å². The molecular formula is C18H21F3N4O2. The van der Waals surface area contributed by atoms with Crippen molar-refractivity contribution in [3.8, 4) is 0 Å². The molecule has 2 rings (SSSR count). The monoisotopic (exact) mass is 382 g/mol. The fourth-order valence-corrected chi connectivity index (χ4v) is 2.54. The number of anilines is 1. The van der Waals surface area contributed by atoms with Gasteiger partial charge in [-0.1, -0.05) is 19.1 Å². The number of H-pyrrole nitrogens is 1. The van der Waals surface area contributed by atoms with Crippen LogP contribution >= 0.6 is 0 Å². The van der Waals surface area contributed by atoms with Gasteiger partial charge in [-0.15, -0.1) is 0 Å². The van der Waals surface area contributed by atoms with Crippen LogP contribution in [0.1, 0.15) is 42.4 Å². The number of aryl methyl sites for hydroxylation is 1. The Morgan fingerprint density at radius 2 is 1.89 bits per heavy atom. The Balaban J connectivity index is 2.40. The van der Waals surface area contributed by atoms with E-state index in [-0.39, 0.29) is 23.7 Å². The number of nitrogens with zero attached hydrogens (tertiary/aromatic N) is 1. The van der Waals surface area contributed by atoms with Gasteiger partial charge in [0.15, 0.2) is 0 Å². The van der Waals surface area contributed by atoms with E-state index in [0.717, 1.165) is 12.1 Å². The Bertz CT molecular complexity index is 876. The average molecular weight is 382 g/mol. The zero-order valence-electron chi connectivity index (χ0n) is 15.1. The highest BCUT2D eigenvalue weighted by Crippen LogP contribution is 2.31. The zero-order valence-corrected chi connectivity index (χ0v) is 15.1. The van der Waals surface area contributed by atoms with Crippen LogP contribution in [0.15, 0.2) is 29.1 Å². The third kappa shape index (κ3) is 4.73. The molecule has 6 nitrogen and oxygen atoms in total. The fraction of sp³-hybridized carbons (Fsp3) is 0.389. The number of nitrogens with one attached hydrogen (secondary N) is 3. The van der Waals surface area contributed by atoms with Gasteiger partial charge in [-0.25, -0.2) is 4.98 Å². The van der Waals surface area contributed by atoms with Gasteiger partial charge in [0.25, 0.3) is 5.56 Å². The molecule has 0 aliphatic rings. The lowest BCUT2D eigenvalue weighted by Gasteiger charge is -2.19. The van der Waals surface area contributed by atoms with Gasteiger partial charge < -0.3 is 20.8 Å². The Morgan fingerprint density at radius 1 is 1.30 bits per heavy atom. The Morgan fingerprint density at radius 3 is 2.41 bits per heavy atom. The lowest BCUT2D eigenvalue weighted by Crippen LogP contribution is -2.29. The van der Waals surface area contributed by atoms with Gasteiger partial charge in [0.2, 0.25) is 0 Å². The topological polar surface area (TPSA) is 102 Å². The molecule has 2 atom stereocenters. The molecule has 1 aromatic carbocycles. The maximum atomic E-state index is 12.7. The van der Waals surface area contributed by atoms with Crippen LogP contribution in [-0.4, -0.2) is 33.4 Å². The largest absolute Gasteiger partial charge is 0.416 e. The summed E-state index contributed by atoms with van der Waals surface area (Å²) >= 11 is 0.